The molecule has 23 heavy (non-hydrogen) atoms. The van der Waals surface area contributed by atoms with Crippen LogP contribution in [0.3, 0.4) is 0 Å². The Morgan fingerprint density at radius 1 is 1.26 bits per heavy atom. The number of quaternary nitrogens is 1. The van der Waals surface area contributed by atoms with Crippen molar-refractivity contribution in [3.8, 4) is 5.75 Å². The molecular formula is C18H25N2O3+. The summed E-state index contributed by atoms with van der Waals surface area (Å²) < 4.78 is 0.805. The van der Waals surface area contributed by atoms with E-state index in [1.54, 1.807) is 6.07 Å². The highest BCUT2D eigenvalue weighted by Crippen LogP contribution is 2.48. The molecule has 3 rings (SSSR count). The number of aromatic hydroxyl groups is 1. The number of nitrogens with two attached hydrogens (primary N) is 1. The van der Waals surface area contributed by atoms with Crippen LogP contribution in [0, 0.1) is 5.92 Å². The molecular weight excluding hydrogens is 292 g/mol. The van der Waals surface area contributed by atoms with Gasteiger partial charge in [0.05, 0.1) is 38.9 Å². The minimum atomic E-state index is -0.623. The van der Waals surface area contributed by atoms with Gasteiger partial charge < -0.3 is 20.4 Å². The van der Waals surface area contributed by atoms with Gasteiger partial charge in [0.1, 0.15) is 5.75 Å². The summed E-state index contributed by atoms with van der Waals surface area (Å²) in [6.45, 7) is 0. The molecule has 0 radical (unpaired) electrons. The fraction of sp³-hybridized carbons (Fsp3) is 0.500. The lowest BCUT2D eigenvalue weighted by molar-refractivity contribution is -0.899. The highest BCUT2D eigenvalue weighted by molar-refractivity contribution is 5.96. The van der Waals surface area contributed by atoms with Crippen molar-refractivity contribution < 1.29 is 19.5 Å². The number of benzene rings is 1. The summed E-state index contributed by atoms with van der Waals surface area (Å²) in [5.41, 5.74) is 7.38. The summed E-state index contributed by atoms with van der Waals surface area (Å²) in [7, 11) is 6.51. The first kappa shape index (κ1) is 16.0. The molecule has 2 aliphatic rings. The van der Waals surface area contributed by atoms with Crippen LogP contribution in [0.25, 0.3) is 0 Å². The lowest BCUT2D eigenvalue weighted by atomic mass is 9.66. The highest BCUT2D eigenvalue weighted by Gasteiger charge is 2.45. The van der Waals surface area contributed by atoms with Crippen molar-refractivity contribution in [1.82, 2.24) is 0 Å². The third-order valence-corrected chi connectivity index (χ3v) is 5.33. The molecule has 0 fully saturated rings. The first-order chi connectivity index (χ1) is 10.7. The van der Waals surface area contributed by atoms with Gasteiger partial charge in [-0.25, -0.2) is 0 Å². The Hall–Kier alpha value is -1.85. The maximum absolute atomic E-state index is 11.6. The second kappa shape index (κ2) is 5.35. The number of fused-ring (bicyclic) bond motifs is 3. The third-order valence-electron chi connectivity index (χ3n) is 5.33. The van der Waals surface area contributed by atoms with E-state index in [4.69, 9.17) is 5.73 Å². The van der Waals surface area contributed by atoms with E-state index in [1.165, 1.54) is 0 Å². The summed E-state index contributed by atoms with van der Waals surface area (Å²) in [5, 5.41) is 20.7. The van der Waals surface area contributed by atoms with Crippen molar-refractivity contribution in [1.29, 1.82) is 0 Å². The minimum absolute atomic E-state index is 0.000370. The normalized spacial score (nSPS) is 29.7. The van der Waals surface area contributed by atoms with Crippen molar-refractivity contribution in [3.63, 3.8) is 0 Å². The largest absolute Gasteiger partial charge is 0.507 e. The van der Waals surface area contributed by atoms with Crippen LogP contribution in [-0.4, -0.2) is 53.9 Å². The number of aliphatic hydroxyl groups is 1. The maximum Gasteiger partial charge on any atom is 0.252 e. The number of hydrogen-bond donors (Lipinski definition) is 3. The number of nitrogens with zero attached hydrogens (tertiary/aromatic N) is 1. The van der Waals surface area contributed by atoms with Crippen LogP contribution in [-0.2, 0) is 6.42 Å². The molecule has 0 saturated carbocycles. The Balaban J connectivity index is 2.17. The van der Waals surface area contributed by atoms with Crippen molar-refractivity contribution in [2.45, 2.75) is 30.9 Å². The van der Waals surface area contributed by atoms with E-state index in [0.717, 1.165) is 22.0 Å². The van der Waals surface area contributed by atoms with Crippen molar-refractivity contribution in [3.05, 3.63) is 41.0 Å². The van der Waals surface area contributed by atoms with E-state index in [9.17, 15) is 15.0 Å². The number of likely N-dealkylation sites (N-methyl/N-ethyl adjacent to an activating group) is 1. The van der Waals surface area contributed by atoms with Crippen LogP contribution >= 0.6 is 0 Å². The second-order valence-corrected chi connectivity index (χ2v) is 7.66. The fourth-order valence-electron chi connectivity index (χ4n) is 4.19. The molecule has 2 aliphatic carbocycles. The Labute approximate surface area is 136 Å². The number of phenols is 1. The number of primary amides is 1. The second-order valence-electron chi connectivity index (χ2n) is 7.66. The van der Waals surface area contributed by atoms with E-state index in [0.29, 0.717) is 12.5 Å². The Kier molecular flexibility index (Phi) is 3.73. The molecule has 5 nitrogen and oxygen atoms in total. The summed E-state index contributed by atoms with van der Waals surface area (Å²) >= 11 is 0. The first-order valence-corrected chi connectivity index (χ1v) is 8.02. The van der Waals surface area contributed by atoms with E-state index in [-0.39, 0.29) is 23.1 Å². The van der Waals surface area contributed by atoms with Gasteiger partial charge in [-0.3, -0.25) is 4.79 Å². The van der Waals surface area contributed by atoms with Crippen LogP contribution in [0.4, 0.5) is 0 Å². The zero-order valence-electron chi connectivity index (χ0n) is 13.9. The van der Waals surface area contributed by atoms with Crippen molar-refractivity contribution >= 4 is 5.91 Å². The Morgan fingerprint density at radius 3 is 2.57 bits per heavy atom. The minimum Gasteiger partial charge on any atom is -0.507 e. The lowest BCUT2D eigenvalue weighted by Crippen LogP contribution is -2.54. The van der Waals surface area contributed by atoms with Crippen LogP contribution in [0.15, 0.2) is 24.3 Å². The molecule has 1 aromatic rings. The number of carbonyl (C=O) groups is 1. The number of rotatable bonds is 2. The van der Waals surface area contributed by atoms with Crippen LogP contribution in [0.1, 0.15) is 33.8 Å². The predicted octanol–water partition coefficient (Wildman–Crippen LogP) is 1.14. The maximum atomic E-state index is 11.6. The summed E-state index contributed by atoms with van der Waals surface area (Å²) in [6, 6.07) is 3.87. The molecule has 4 atom stereocenters. The average molecular weight is 317 g/mol. The number of aliphatic hydroxyl groups excluding tert-OH is 1. The van der Waals surface area contributed by atoms with E-state index in [1.807, 2.05) is 12.1 Å². The van der Waals surface area contributed by atoms with E-state index in [2.05, 4.69) is 27.2 Å². The molecule has 0 aromatic heterocycles. The smallest absolute Gasteiger partial charge is 0.252 e. The number of hydrogen-bond acceptors (Lipinski definition) is 3. The van der Waals surface area contributed by atoms with E-state index < -0.39 is 12.0 Å². The van der Waals surface area contributed by atoms with Gasteiger partial charge in [0.15, 0.2) is 0 Å². The van der Waals surface area contributed by atoms with Gasteiger partial charge in [-0.05, 0) is 18.1 Å². The Bertz CT molecular complexity index is 676. The molecule has 0 aliphatic heterocycles. The third kappa shape index (κ3) is 2.64. The van der Waals surface area contributed by atoms with Crippen molar-refractivity contribution in [2.24, 2.45) is 11.7 Å². The molecule has 4 N–H and O–H groups in total. The van der Waals surface area contributed by atoms with Crippen LogP contribution in [0.2, 0.25) is 0 Å². The van der Waals surface area contributed by atoms with Gasteiger partial charge in [-0.15, -0.1) is 0 Å². The SMILES string of the molecule is C[N+](C)(C)[C@@H]1Cc2ccc(C(N)=O)c(O)c2C2CC(O)C=CC21. The number of amides is 1. The first-order valence-electron chi connectivity index (χ1n) is 8.02. The average Bonchev–Trinajstić information content (AvgIpc) is 2.44. The summed E-state index contributed by atoms with van der Waals surface area (Å²) in [6.07, 6.45) is 4.79. The standard InChI is InChI=1S/C18H24N2O3/c1-20(2,3)15-8-10-4-6-13(18(19)23)17(22)16(10)14-9-11(21)5-7-12(14)15/h4-7,11-12,14-15,21H,8-9H2,1-3H3,(H2-,19,22,23)/p+1/t11?,12?,14?,15-/m1/s1. The molecule has 5 heteroatoms. The summed E-state index contributed by atoms with van der Waals surface area (Å²) in [4.78, 5) is 11.6. The fourth-order valence-corrected chi connectivity index (χ4v) is 4.19. The van der Waals surface area contributed by atoms with Gasteiger partial charge in [-0.2, -0.15) is 0 Å². The monoisotopic (exact) mass is 317 g/mol. The van der Waals surface area contributed by atoms with Gasteiger partial charge in [0.25, 0.3) is 5.91 Å². The van der Waals surface area contributed by atoms with Gasteiger partial charge in [0.2, 0.25) is 0 Å². The molecule has 124 valence electrons. The van der Waals surface area contributed by atoms with Gasteiger partial charge in [0, 0.05) is 23.8 Å². The molecule has 0 bridgehead atoms. The molecule has 0 saturated heterocycles. The zero-order valence-corrected chi connectivity index (χ0v) is 13.9. The lowest BCUT2D eigenvalue weighted by Gasteiger charge is -2.47. The molecule has 1 aromatic carbocycles. The molecule has 0 spiro atoms. The van der Waals surface area contributed by atoms with Crippen molar-refractivity contribution in [2.75, 3.05) is 21.1 Å². The molecule has 0 heterocycles. The van der Waals surface area contributed by atoms with Crippen LogP contribution in [0.5, 0.6) is 5.75 Å². The number of carbonyl (C=O) groups excluding carboxylic acids is 1. The molecule has 3 unspecified atom stereocenters. The van der Waals surface area contributed by atoms with Gasteiger partial charge in [-0.1, -0.05) is 18.2 Å². The van der Waals surface area contributed by atoms with Gasteiger partial charge >= 0.3 is 0 Å². The van der Waals surface area contributed by atoms with Crippen LogP contribution < -0.4 is 5.73 Å². The quantitative estimate of drug-likeness (QED) is 0.565. The van der Waals surface area contributed by atoms with E-state index >= 15 is 0 Å². The topological polar surface area (TPSA) is 83.6 Å². The Morgan fingerprint density at radius 2 is 1.96 bits per heavy atom. The zero-order chi connectivity index (χ0) is 16.9. The predicted molar refractivity (Wildman–Crippen MR) is 88.1 cm³/mol. The summed E-state index contributed by atoms with van der Waals surface area (Å²) in [5.74, 6) is -0.407. The molecule has 1 amide bonds. The highest BCUT2D eigenvalue weighted by atomic mass is 16.3.